The average molecular weight is 314 g/mol. The SMILES string of the molecule is CO[C@@H]1CCC[C@@H]1N(Cc1ccc(CF)cc1)C(=O)CCl. The molecule has 0 aromatic heterocycles. The van der Waals surface area contributed by atoms with E-state index in [1.54, 1.807) is 24.1 Å². The number of nitrogens with zero attached hydrogens (tertiary/aromatic N) is 1. The fourth-order valence-corrected chi connectivity index (χ4v) is 3.09. The molecule has 0 N–H and O–H groups in total. The lowest BCUT2D eigenvalue weighted by molar-refractivity contribution is -0.134. The Balaban J connectivity index is 2.13. The summed E-state index contributed by atoms with van der Waals surface area (Å²) in [4.78, 5) is 14.0. The van der Waals surface area contributed by atoms with E-state index in [4.69, 9.17) is 16.3 Å². The minimum atomic E-state index is -0.473. The molecule has 1 aliphatic carbocycles. The lowest BCUT2D eigenvalue weighted by Crippen LogP contribution is -2.45. The molecule has 0 spiro atoms. The van der Waals surface area contributed by atoms with Crippen LogP contribution < -0.4 is 0 Å². The number of amides is 1. The number of carbonyl (C=O) groups is 1. The maximum atomic E-state index is 12.5. The number of carbonyl (C=O) groups excluding carboxylic acids is 1. The average Bonchev–Trinajstić information content (AvgIpc) is 3.00. The zero-order valence-electron chi connectivity index (χ0n) is 12.2. The lowest BCUT2D eigenvalue weighted by Gasteiger charge is -2.32. The highest BCUT2D eigenvalue weighted by atomic mass is 35.5. The highest BCUT2D eigenvalue weighted by Gasteiger charge is 2.34. The first-order valence-electron chi connectivity index (χ1n) is 7.21. The maximum absolute atomic E-state index is 12.5. The second kappa shape index (κ2) is 7.76. The van der Waals surface area contributed by atoms with Gasteiger partial charge < -0.3 is 9.64 Å². The van der Waals surface area contributed by atoms with Gasteiger partial charge in [0, 0.05) is 13.7 Å². The van der Waals surface area contributed by atoms with E-state index in [1.165, 1.54) is 0 Å². The third-order valence-electron chi connectivity index (χ3n) is 4.09. The number of rotatable bonds is 6. The summed E-state index contributed by atoms with van der Waals surface area (Å²) in [5.74, 6) is -0.115. The number of hydrogen-bond acceptors (Lipinski definition) is 2. The van der Waals surface area contributed by atoms with E-state index in [0.29, 0.717) is 12.1 Å². The Morgan fingerprint density at radius 1 is 1.33 bits per heavy atom. The largest absolute Gasteiger partial charge is 0.379 e. The van der Waals surface area contributed by atoms with Gasteiger partial charge in [-0.1, -0.05) is 24.3 Å². The van der Waals surface area contributed by atoms with Crippen molar-refractivity contribution in [2.45, 2.75) is 44.6 Å². The summed E-state index contributed by atoms with van der Waals surface area (Å²) in [5, 5.41) is 0. The second-order valence-corrected chi connectivity index (χ2v) is 5.65. The first kappa shape index (κ1) is 16.2. The van der Waals surface area contributed by atoms with Crippen molar-refractivity contribution < 1.29 is 13.9 Å². The molecule has 0 radical (unpaired) electrons. The van der Waals surface area contributed by atoms with Crippen LogP contribution in [-0.2, 0) is 22.8 Å². The summed E-state index contributed by atoms with van der Waals surface area (Å²) in [6, 6.07) is 7.30. The van der Waals surface area contributed by atoms with Crippen LogP contribution in [0.1, 0.15) is 30.4 Å². The lowest BCUT2D eigenvalue weighted by atomic mass is 10.1. The van der Waals surface area contributed by atoms with Crippen molar-refractivity contribution in [2.24, 2.45) is 0 Å². The molecule has 0 heterocycles. The molecular weight excluding hydrogens is 293 g/mol. The van der Waals surface area contributed by atoms with Gasteiger partial charge in [0.1, 0.15) is 12.6 Å². The van der Waals surface area contributed by atoms with Crippen LogP contribution in [-0.4, -0.2) is 35.9 Å². The van der Waals surface area contributed by atoms with Crippen LogP contribution in [0.5, 0.6) is 0 Å². The van der Waals surface area contributed by atoms with Gasteiger partial charge in [-0.2, -0.15) is 0 Å². The van der Waals surface area contributed by atoms with Gasteiger partial charge in [0.15, 0.2) is 0 Å². The van der Waals surface area contributed by atoms with Crippen molar-refractivity contribution in [3.05, 3.63) is 35.4 Å². The van der Waals surface area contributed by atoms with Crippen LogP contribution in [0, 0.1) is 0 Å². The van der Waals surface area contributed by atoms with E-state index >= 15 is 0 Å². The maximum Gasteiger partial charge on any atom is 0.238 e. The van der Waals surface area contributed by atoms with Crippen molar-refractivity contribution >= 4 is 17.5 Å². The standard InChI is InChI=1S/C16H21ClFNO2/c1-21-15-4-2-3-14(15)19(16(20)9-17)11-13-7-5-12(10-18)6-8-13/h5-8,14-15H,2-4,9-11H2,1H3/t14-,15+/m0/s1. The number of hydrogen-bond donors (Lipinski definition) is 0. The Kier molecular flexibility index (Phi) is 6.00. The molecule has 116 valence electrons. The zero-order valence-corrected chi connectivity index (χ0v) is 13.0. The van der Waals surface area contributed by atoms with E-state index in [2.05, 4.69) is 0 Å². The van der Waals surface area contributed by atoms with E-state index in [0.717, 1.165) is 24.8 Å². The summed E-state index contributed by atoms with van der Waals surface area (Å²) >= 11 is 5.75. The van der Waals surface area contributed by atoms with Crippen molar-refractivity contribution in [1.82, 2.24) is 4.90 Å². The van der Waals surface area contributed by atoms with Gasteiger partial charge in [0.2, 0.25) is 5.91 Å². The van der Waals surface area contributed by atoms with Gasteiger partial charge in [-0.25, -0.2) is 4.39 Å². The molecule has 5 heteroatoms. The Morgan fingerprint density at radius 2 is 2.00 bits per heavy atom. The molecule has 1 aromatic rings. The number of methoxy groups -OCH3 is 1. The van der Waals surface area contributed by atoms with Crippen LogP contribution in [0.15, 0.2) is 24.3 Å². The highest BCUT2D eigenvalue weighted by molar-refractivity contribution is 6.27. The molecule has 3 nitrogen and oxygen atoms in total. The molecular formula is C16H21ClFNO2. The third-order valence-corrected chi connectivity index (χ3v) is 4.31. The first-order chi connectivity index (χ1) is 10.2. The fourth-order valence-electron chi connectivity index (χ4n) is 2.94. The monoisotopic (exact) mass is 313 g/mol. The van der Waals surface area contributed by atoms with Crippen LogP contribution in [0.25, 0.3) is 0 Å². The second-order valence-electron chi connectivity index (χ2n) is 5.38. The smallest absolute Gasteiger partial charge is 0.238 e. The molecule has 2 rings (SSSR count). The molecule has 1 saturated carbocycles. The Labute approximate surface area is 130 Å². The Bertz CT molecular complexity index is 466. The summed E-state index contributed by atoms with van der Waals surface area (Å²) < 4.78 is 18.0. The summed E-state index contributed by atoms with van der Waals surface area (Å²) in [6.45, 7) is 0.0155. The van der Waals surface area contributed by atoms with Gasteiger partial charge in [-0.15, -0.1) is 11.6 Å². The van der Waals surface area contributed by atoms with Crippen molar-refractivity contribution in [3.63, 3.8) is 0 Å². The van der Waals surface area contributed by atoms with Gasteiger partial charge >= 0.3 is 0 Å². The van der Waals surface area contributed by atoms with E-state index in [9.17, 15) is 9.18 Å². The summed E-state index contributed by atoms with van der Waals surface area (Å²) in [6.07, 6.45) is 3.02. The highest BCUT2D eigenvalue weighted by Crippen LogP contribution is 2.28. The minimum absolute atomic E-state index is 0.0322. The van der Waals surface area contributed by atoms with Crippen molar-refractivity contribution in [2.75, 3.05) is 13.0 Å². The fraction of sp³-hybridized carbons (Fsp3) is 0.562. The molecule has 0 aliphatic heterocycles. The van der Waals surface area contributed by atoms with Crippen molar-refractivity contribution in [1.29, 1.82) is 0 Å². The molecule has 0 bridgehead atoms. The minimum Gasteiger partial charge on any atom is -0.379 e. The molecule has 1 aliphatic rings. The van der Waals surface area contributed by atoms with Crippen LogP contribution in [0.2, 0.25) is 0 Å². The Hall–Kier alpha value is -1.13. The van der Waals surface area contributed by atoms with Gasteiger partial charge in [-0.3, -0.25) is 4.79 Å². The van der Waals surface area contributed by atoms with E-state index in [1.807, 2.05) is 12.1 Å². The number of benzene rings is 1. The molecule has 1 amide bonds. The molecule has 2 atom stereocenters. The predicted molar refractivity (Wildman–Crippen MR) is 81.0 cm³/mol. The Morgan fingerprint density at radius 3 is 2.57 bits per heavy atom. The molecule has 1 aromatic carbocycles. The number of halogens is 2. The van der Waals surface area contributed by atoms with E-state index < -0.39 is 6.67 Å². The van der Waals surface area contributed by atoms with Gasteiger partial charge in [0.25, 0.3) is 0 Å². The molecule has 0 saturated heterocycles. The van der Waals surface area contributed by atoms with Crippen LogP contribution >= 0.6 is 11.6 Å². The summed E-state index contributed by atoms with van der Waals surface area (Å²) in [5.41, 5.74) is 1.62. The van der Waals surface area contributed by atoms with Crippen LogP contribution in [0.3, 0.4) is 0 Å². The quantitative estimate of drug-likeness (QED) is 0.754. The molecule has 1 fully saturated rings. The van der Waals surface area contributed by atoms with Crippen molar-refractivity contribution in [3.8, 4) is 0 Å². The van der Waals surface area contributed by atoms with Crippen LogP contribution in [0.4, 0.5) is 4.39 Å². The normalized spacial score (nSPS) is 21.5. The number of ether oxygens (including phenoxy) is 1. The first-order valence-corrected chi connectivity index (χ1v) is 7.75. The number of alkyl halides is 2. The van der Waals surface area contributed by atoms with E-state index in [-0.39, 0.29) is 23.9 Å². The summed E-state index contributed by atoms with van der Waals surface area (Å²) in [7, 11) is 1.68. The topological polar surface area (TPSA) is 29.5 Å². The predicted octanol–water partition coefficient (Wildman–Crippen LogP) is 3.29. The molecule has 0 unspecified atom stereocenters. The third kappa shape index (κ3) is 3.95. The molecule has 21 heavy (non-hydrogen) atoms. The zero-order chi connectivity index (χ0) is 15.2. The van der Waals surface area contributed by atoms with Gasteiger partial charge in [0.05, 0.1) is 12.1 Å². The van der Waals surface area contributed by atoms with Gasteiger partial charge in [-0.05, 0) is 30.4 Å².